The van der Waals surface area contributed by atoms with E-state index in [1.807, 2.05) is 0 Å². The van der Waals surface area contributed by atoms with Crippen molar-refractivity contribution in [1.29, 1.82) is 0 Å². The minimum Gasteiger partial charge on any atom is -0.382 e. The zero-order valence-electron chi connectivity index (χ0n) is 10.2. The Morgan fingerprint density at radius 2 is 2.06 bits per heavy atom. The van der Waals surface area contributed by atoms with Gasteiger partial charge in [0.15, 0.2) is 0 Å². The molecule has 0 spiro atoms. The summed E-state index contributed by atoms with van der Waals surface area (Å²) in [6.07, 6.45) is 6.75. The van der Waals surface area contributed by atoms with Crippen molar-refractivity contribution in [2.24, 2.45) is 5.92 Å². The minimum atomic E-state index is 0.659. The molecule has 3 heteroatoms. The van der Waals surface area contributed by atoms with Crippen LogP contribution in [0, 0.1) is 9.49 Å². The van der Waals surface area contributed by atoms with E-state index in [-0.39, 0.29) is 0 Å². The van der Waals surface area contributed by atoms with E-state index in [4.69, 9.17) is 0 Å². The fourth-order valence-electron chi connectivity index (χ4n) is 2.45. The third kappa shape index (κ3) is 4.12. The summed E-state index contributed by atoms with van der Waals surface area (Å²) in [5, 5.41) is 3.68. The van der Waals surface area contributed by atoms with Crippen molar-refractivity contribution in [3.05, 3.63) is 26.2 Å². The maximum absolute atomic E-state index is 3.68. The van der Waals surface area contributed by atoms with Crippen molar-refractivity contribution in [1.82, 2.24) is 0 Å². The third-order valence-electron chi connectivity index (χ3n) is 3.55. The number of anilines is 1. The van der Waals surface area contributed by atoms with Crippen molar-refractivity contribution in [3.63, 3.8) is 0 Å². The van der Waals surface area contributed by atoms with Gasteiger partial charge in [0.05, 0.1) is 0 Å². The van der Waals surface area contributed by atoms with E-state index in [1.54, 1.807) is 0 Å². The maximum Gasteiger partial charge on any atom is 0.0354 e. The highest BCUT2D eigenvalue weighted by Gasteiger charge is 2.15. The van der Waals surface area contributed by atoms with Gasteiger partial charge in [0.1, 0.15) is 0 Å². The smallest absolute Gasteiger partial charge is 0.0354 e. The third-order valence-corrected chi connectivity index (χ3v) is 5.89. The second-order valence-corrected chi connectivity index (χ2v) is 7.10. The second kappa shape index (κ2) is 6.41. The molecule has 94 valence electrons. The lowest BCUT2D eigenvalue weighted by atomic mass is 10.0. The first-order valence-corrected chi connectivity index (χ1v) is 8.24. The van der Waals surface area contributed by atoms with Crippen LogP contribution in [0.3, 0.4) is 0 Å². The largest absolute Gasteiger partial charge is 0.382 e. The van der Waals surface area contributed by atoms with Gasteiger partial charge >= 0.3 is 0 Å². The zero-order chi connectivity index (χ0) is 12.3. The van der Waals surface area contributed by atoms with Gasteiger partial charge < -0.3 is 5.32 Å². The normalized spacial score (nSPS) is 25.4. The van der Waals surface area contributed by atoms with Crippen molar-refractivity contribution in [2.45, 2.75) is 45.1 Å². The van der Waals surface area contributed by atoms with Crippen LogP contribution in [0.1, 0.15) is 39.0 Å². The summed E-state index contributed by atoms with van der Waals surface area (Å²) >= 11 is 5.93. The first-order chi connectivity index (χ1) is 8.15. The van der Waals surface area contributed by atoms with Gasteiger partial charge in [-0.1, -0.05) is 19.8 Å². The Kier molecular flexibility index (Phi) is 5.15. The molecular formula is C14H19BrIN. The van der Waals surface area contributed by atoms with Crippen LogP contribution in [-0.4, -0.2) is 6.04 Å². The van der Waals surface area contributed by atoms with Gasteiger partial charge in [-0.15, -0.1) is 0 Å². The molecule has 0 bridgehead atoms. The first kappa shape index (κ1) is 13.7. The van der Waals surface area contributed by atoms with E-state index in [1.165, 1.54) is 45.8 Å². The molecule has 0 heterocycles. The van der Waals surface area contributed by atoms with Crippen LogP contribution in [0.25, 0.3) is 0 Å². The van der Waals surface area contributed by atoms with E-state index >= 15 is 0 Å². The van der Waals surface area contributed by atoms with Gasteiger partial charge in [-0.25, -0.2) is 0 Å². The molecule has 1 saturated carbocycles. The maximum atomic E-state index is 3.68. The SMILES string of the molecule is CC1CCCC(Nc2ccc(I)c(Br)c2)CC1. The molecule has 0 saturated heterocycles. The summed E-state index contributed by atoms with van der Waals surface area (Å²) in [6, 6.07) is 7.19. The molecule has 2 rings (SSSR count). The summed E-state index contributed by atoms with van der Waals surface area (Å²) in [7, 11) is 0. The van der Waals surface area contributed by atoms with E-state index in [0.29, 0.717) is 6.04 Å². The van der Waals surface area contributed by atoms with Crippen molar-refractivity contribution in [2.75, 3.05) is 5.32 Å². The van der Waals surface area contributed by atoms with Gasteiger partial charge in [-0.2, -0.15) is 0 Å². The number of hydrogen-bond donors (Lipinski definition) is 1. The monoisotopic (exact) mass is 407 g/mol. The Labute approximate surface area is 126 Å². The molecule has 2 atom stereocenters. The predicted molar refractivity (Wildman–Crippen MR) is 86.5 cm³/mol. The van der Waals surface area contributed by atoms with Crippen LogP contribution in [0.4, 0.5) is 5.69 Å². The van der Waals surface area contributed by atoms with E-state index in [9.17, 15) is 0 Å². The van der Waals surface area contributed by atoms with E-state index in [2.05, 4.69) is 69.0 Å². The Bertz CT molecular complexity index is 380. The predicted octanol–water partition coefficient (Wildman–Crippen LogP) is 5.43. The van der Waals surface area contributed by atoms with Gasteiger partial charge in [-0.05, 0) is 81.9 Å². The van der Waals surface area contributed by atoms with Crippen molar-refractivity contribution < 1.29 is 0 Å². The highest BCUT2D eigenvalue weighted by atomic mass is 127. The van der Waals surface area contributed by atoms with Crippen LogP contribution in [0.2, 0.25) is 0 Å². The molecule has 1 nitrogen and oxygen atoms in total. The Hall–Kier alpha value is 0.230. The van der Waals surface area contributed by atoms with Gasteiger partial charge in [0.25, 0.3) is 0 Å². The molecule has 1 aromatic rings. The lowest BCUT2D eigenvalue weighted by Crippen LogP contribution is -2.18. The Morgan fingerprint density at radius 1 is 1.24 bits per heavy atom. The van der Waals surface area contributed by atoms with Crippen molar-refractivity contribution >= 4 is 44.2 Å². The molecular weight excluding hydrogens is 389 g/mol. The number of rotatable bonds is 2. The highest BCUT2D eigenvalue weighted by Crippen LogP contribution is 2.27. The van der Waals surface area contributed by atoms with Crippen LogP contribution >= 0.6 is 38.5 Å². The van der Waals surface area contributed by atoms with E-state index in [0.717, 1.165) is 5.92 Å². The van der Waals surface area contributed by atoms with Crippen molar-refractivity contribution in [3.8, 4) is 0 Å². The molecule has 0 radical (unpaired) electrons. The molecule has 1 fully saturated rings. The highest BCUT2D eigenvalue weighted by molar-refractivity contribution is 14.1. The van der Waals surface area contributed by atoms with Crippen LogP contribution in [0.5, 0.6) is 0 Å². The summed E-state index contributed by atoms with van der Waals surface area (Å²) in [5.41, 5.74) is 1.25. The number of halogens is 2. The molecule has 17 heavy (non-hydrogen) atoms. The fourth-order valence-corrected chi connectivity index (χ4v) is 3.17. The quantitative estimate of drug-likeness (QED) is 0.508. The van der Waals surface area contributed by atoms with Gasteiger partial charge in [0.2, 0.25) is 0 Å². The lowest BCUT2D eigenvalue weighted by molar-refractivity contribution is 0.502. The summed E-state index contributed by atoms with van der Waals surface area (Å²) in [5.74, 6) is 0.908. The molecule has 1 aliphatic carbocycles. The van der Waals surface area contributed by atoms with Crippen LogP contribution in [0.15, 0.2) is 22.7 Å². The summed E-state index contributed by atoms with van der Waals surface area (Å²) < 4.78 is 2.45. The van der Waals surface area contributed by atoms with E-state index < -0.39 is 0 Å². The number of nitrogens with one attached hydrogen (secondary N) is 1. The minimum absolute atomic E-state index is 0.659. The number of benzene rings is 1. The fraction of sp³-hybridized carbons (Fsp3) is 0.571. The van der Waals surface area contributed by atoms with Crippen LogP contribution in [-0.2, 0) is 0 Å². The molecule has 0 aliphatic heterocycles. The Morgan fingerprint density at radius 3 is 2.82 bits per heavy atom. The first-order valence-electron chi connectivity index (χ1n) is 6.37. The second-order valence-electron chi connectivity index (χ2n) is 5.08. The summed E-state index contributed by atoms with van der Waals surface area (Å²) in [6.45, 7) is 2.38. The average molecular weight is 408 g/mol. The molecule has 1 N–H and O–H groups in total. The Balaban J connectivity index is 1.97. The zero-order valence-corrected chi connectivity index (χ0v) is 13.9. The molecule has 0 aromatic heterocycles. The van der Waals surface area contributed by atoms with Gasteiger partial charge in [-0.3, -0.25) is 0 Å². The molecule has 1 aromatic carbocycles. The molecule has 1 aliphatic rings. The number of hydrogen-bond acceptors (Lipinski definition) is 1. The van der Waals surface area contributed by atoms with Crippen LogP contribution < -0.4 is 5.32 Å². The molecule has 0 amide bonds. The molecule has 2 unspecified atom stereocenters. The average Bonchev–Trinajstić information content (AvgIpc) is 2.49. The summed E-state index contributed by atoms with van der Waals surface area (Å²) in [4.78, 5) is 0. The lowest BCUT2D eigenvalue weighted by Gasteiger charge is -2.18. The van der Waals surface area contributed by atoms with Gasteiger partial charge in [0, 0.05) is 19.8 Å². The topological polar surface area (TPSA) is 12.0 Å². The standard InChI is InChI=1S/C14H19BrIN/c1-10-3-2-4-11(6-5-10)17-12-7-8-14(16)13(15)9-12/h7-11,17H,2-6H2,1H3.